The van der Waals surface area contributed by atoms with Gasteiger partial charge in [-0.15, -0.1) is 0 Å². The smallest absolute Gasteiger partial charge is 0.164 e. The minimum Gasteiger partial charge on any atom is -0.312 e. The summed E-state index contributed by atoms with van der Waals surface area (Å²) in [7, 11) is 0. The van der Waals surface area contributed by atoms with Crippen LogP contribution in [0.4, 0.5) is 0 Å². The van der Waals surface area contributed by atoms with Crippen molar-refractivity contribution in [2.75, 3.05) is 18.1 Å². The van der Waals surface area contributed by atoms with E-state index in [0.717, 1.165) is 36.5 Å². The van der Waals surface area contributed by atoms with Crippen LogP contribution in [0.25, 0.3) is 0 Å². The molecule has 1 heterocycles. The highest BCUT2D eigenvalue weighted by atomic mass is 32.2. The highest BCUT2D eigenvalue weighted by Gasteiger charge is 2.17. The molecule has 0 radical (unpaired) electrons. The second-order valence-electron chi connectivity index (χ2n) is 4.80. The number of benzene rings is 1. The Bertz CT molecular complexity index is 399. The van der Waals surface area contributed by atoms with Crippen molar-refractivity contribution in [2.24, 2.45) is 0 Å². The third kappa shape index (κ3) is 3.85. The molecule has 1 aliphatic rings. The SMILES string of the molecule is CCCc1cccc(C(=O)CC2CSCCN2)c1. The van der Waals surface area contributed by atoms with Gasteiger partial charge in [0.15, 0.2) is 5.78 Å². The Hall–Kier alpha value is -0.800. The van der Waals surface area contributed by atoms with Crippen LogP contribution in [0.15, 0.2) is 24.3 Å². The van der Waals surface area contributed by atoms with E-state index in [1.165, 1.54) is 5.56 Å². The lowest BCUT2D eigenvalue weighted by Crippen LogP contribution is -2.38. The molecular formula is C15H21NOS. The average molecular weight is 263 g/mol. The van der Waals surface area contributed by atoms with Crippen molar-refractivity contribution in [2.45, 2.75) is 32.2 Å². The second kappa shape index (κ2) is 6.95. The molecule has 2 rings (SSSR count). The van der Waals surface area contributed by atoms with Gasteiger partial charge >= 0.3 is 0 Å². The lowest BCUT2D eigenvalue weighted by molar-refractivity contribution is 0.0972. The van der Waals surface area contributed by atoms with Gasteiger partial charge in [-0.25, -0.2) is 0 Å². The summed E-state index contributed by atoms with van der Waals surface area (Å²) in [5, 5.41) is 3.42. The molecule has 0 aliphatic carbocycles. The molecular weight excluding hydrogens is 242 g/mol. The van der Waals surface area contributed by atoms with Gasteiger partial charge in [-0.3, -0.25) is 4.79 Å². The van der Waals surface area contributed by atoms with E-state index in [-0.39, 0.29) is 5.78 Å². The number of carbonyl (C=O) groups is 1. The summed E-state index contributed by atoms with van der Waals surface area (Å²) in [5.41, 5.74) is 2.15. The van der Waals surface area contributed by atoms with E-state index in [1.807, 2.05) is 23.9 Å². The Morgan fingerprint density at radius 3 is 3.11 bits per heavy atom. The maximum atomic E-state index is 12.2. The monoisotopic (exact) mass is 263 g/mol. The van der Waals surface area contributed by atoms with Crippen LogP contribution in [-0.4, -0.2) is 29.9 Å². The third-order valence-electron chi connectivity index (χ3n) is 3.22. The van der Waals surface area contributed by atoms with Crippen LogP contribution >= 0.6 is 11.8 Å². The second-order valence-corrected chi connectivity index (χ2v) is 5.95. The standard InChI is InChI=1S/C15H21NOS/c1-2-4-12-5-3-6-13(9-12)15(17)10-14-11-18-8-7-16-14/h3,5-6,9,14,16H,2,4,7-8,10-11H2,1H3. The van der Waals surface area contributed by atoms with Crippen LogP contribution in [0.2, 0.25) is 0 Å². The molecule has 1 unspecified atom stereocenters. The van der Waals surface area contributed by atoms with Crippen molar-refractivity contribution in [1.82, 2.24) is 5.32 Å². The van der Waals surface area contributed by atoms with E-state index >= 15 is 0 Å². The van der Waals surface area contributed by atoms with E-state index in [0.29, 0.717) is 12.5 Å². The van der Waals surface area contributed by atoms with Gasteiger partial charge in [0.1, 0.15) is 0 Å². The Morgan fingerprint density at radius 1 is 1.50 bits per heavy atom. The Balaban J connectivity index is 1.96. The Labute approximate surface area is 114 Å². The predicted octanol–water partition coefficient (Wildman–Crippen LogP) is 2.92. The summed E-state index contributed by atoms with van der Waals surface area (Å²) in [6.07, 6.45) is 2.81. The first-order valence-electron chi connectivity index (χ1n) is 6.73. The normalized spacial score (nSPS) is 19.7. The Morgan fingerprint density at radius 2 is 2.39 bits per heavy atom. The number of ketones is 1. The molecule has 98 valence electrons. The third-order valence-corrected chi connectivity index (χ3v) is 4.35. The first-order valence-corrected chi connectivity index (χ1v) is 7.88. The van der Waals surface area contributed by atoms with Gasteiger partial charge in [-0.1, -0.05) is 31.5 Å². The Kier molecular flexibility index (Phi) is 5.26. The molecule has 2 nitrogen and oxygen atoms in total. The maximum absolute atomic E-state index is 12.2. The first-order chi connectivity index (χ1) is 8.79. The van der Waals surface area contributed by atoms with E-state index < -0.39 is 0 Å². The summed E-state index contributed by atoms with van der Waals surface area (Å²) in [4.78, 5) is 12.2. The van der Waals surface area contributed by atoms with Gasteiger partial charge < -0.3 is 5.32 Å². The number of nitrogens with one attached hydrogen (secondary N) is 1. The summed E-state index contributed by atoms with van der Waals surface area (Å²) in [5.74, 6) is 2.49. The number of Topliss-reactive ketones (excluding diaryl/α,β-unsaturated/α-hetero) is 1. The zero-order valence-electron chi connectivity index (χ0n) is 10.9. The number of thioether (sulfide) groups is 1. The van der Waals surface area contributed by atoms with Crippen LogP contribution in [-0.2, 0) is 6.42 Å². The van der Waals surface area contributed by atoms with Gasteiger partial charge in [0.2, 0.25) is 0 Å². The molecule has 0 spiro atoms. The van der Waals surface area contributed by atoms with Crippen molar-refractivity contribution in [3.05, 3.63) is 35.4 Å². The number of carbonyl (C=O) groups excluding carboxylic acids is 1. The average Bonchev–Trinajstić information content (AvgIpc) is 2.40. The highest BCUT2D eigenvalue weighted by molar-refractivity contribution is 7.99. The fraction of sp³-hybridized carbons (Fsp3) is 0.533. The number of rotatable bonds is 5. The summed E-state index contributed by atoms with van der Waals surface area (Å²) in [6.45, 7) is 3.19. The summed E-state index contributed by atoms with van der Waals surface area (Å²) in [6, 6.07) is 8.46. The number of hydrogen-bond acceptors (Lipinski definition) is 3. The molecule has 1 aromatic rings. The lowest BCUT2D eigenvalue weighted by Gasteiger charge is -2.22. The van der Waals surface area contributed by atoms with Crippen molar-refractivity contribution < 1.29 is 4.79 Å². The lowest BCUT2D eigenvalue weighted by atomic mass is 10.0. The van der Waals surface area contributed by atoms with Crippen LogP contribution in [0.1, 0.15) is 35.7 Å². The molecule has 3 heteroatoms. The summed E-state index contributed by atoms with van der Waals surface area (Å²) >= 11 is 1.94. The van der Waals surface area contributed by atoms with Crippen molar-refractivity contribution >= 4 is 17.5 Å². The topological polar surface area (TPSA) is 29.1 Å². The van der Waals surface area contributed by atoms with Crippen LogP contribution in [0.5, 0.6) is 0 Å². The molecule has 1 atom stereocenters. The first kappa shape index (κ1) is 13.6. The zero-order valence-corrected chi connectivity index (χ0v) is 11.8. The minimum atomic E-state index is 0.271. The molecule has 0 aromatic heterocycles. The molecule has 1 fully saturated rings. The zero-order chi connectivity index (χ0) is 12.8. The molecule has 18 heavy (non-hydrogen) atoms. The van der Waals surface area contributed by atoms with Gasteiger partial charge in [0.05, 0.1) is 0 Å². The molecule has 0 bridgehead atoms. The van der Waals surface area contributed by atoms with E-state index in [4.69, 9.17) is 0 Å². The molecule has 1 aliphatic heterocycles. The largest absolute Gasteiger partial charge is 0.312 e. The number of aryl methyl sites for hydroxylation is 1. The van der Waals surface area contributed by atoms with Crippen molar-refractivity contribution in [3.8, 4) is 0 Å². The fourth-order valence-electron chi connectivity index (χ4n) is 2.28. The number of hydrogen-bond donors (Lipinski definition) is 1. The van der Waals surface area contributed by atoms with Crippen LogP contribution in [0.3, 0.4) is 0 Å². The molecule has 0 amide bonds. The van der Waals surface area contributed by atoms with Gasteiger partial charge in [-0.05, 0) is 18.1 Å². The van der Waals surface area contributed by atoms with E-state index in [9.17, 15) is 4.79 Å². The van der Waals surface area contributed by atoms with E-state index in [1.54, 1.807) is 0 Å². The van der Waals surface area contributed by atoms with Crippen molar-refractivity contribution in [1.29, 1.82) is 0 Å². The quantitative estimate of drug-likeness (QED) is 0.828. The highest BCUT2D eigenvalue weighted by Crippen LogP contribution is 2.15. The van der Waals surface area contributed by atoms with Crippen LogP contribution < -0.4 is 5.32 Å². The molecule has 1 N–H and O–H groups in total. The molecule has 0 saturated carbocycles. The van der Waals surface area contributed by atoms with Gasteiger partial charge in [0, 0.05) is 36.1 Å². The van der Waals surface area contributed by atoms with Crippen molar-refractivity contribution in [3.63, 3.8) is 0 Å². The minimum absolute atomic E-state index is 0.271. The van der Waals surface area contributed by atoms with E-state index in [2.05, 4.69) is 24.4 Å². The van der Waals surface area contributed by atoms with Gasteiger partial charge in [0.25, 0.3) is 0 Å². The van der Waals surface area contributed by atoms with Gasteiger partial charge in [-0.2, -0.15) is 11.8 Å². The fourth-order valence-corrected chi connectivity index (χ4v) is 3.23. The maximum Gasteiger partial charge on any atom is 0.164 e. The molecule has 1 saturated heterocycles. The summed E-state index contributed by atoms with van der Waals surface area (Å²) < 4.78 is 0. The molecule has 1 aromatic carbocycles. The van der Waals surface area contributed by atoms with Crippen LogP contribution in [0, 0.1) is 0 Å². The predicted molar refractivity (Wildman–Crippen MR) is 78.5 cm³/mol.